The number of carbonyl (C=O) groups excluding carboxylic acids is 1. The summed E-state index contributed by atoms with van der Waals surface area (Å²) in [6.45, 7) is 0.102. The van der Waals surface area contributed by atoms with Crippen LogP contribution in [0.5, 0.6) is 0 Å². The Bertz CT molecular complexity index is 1250. The molecule has 0 bridgehead atoms. The molecule has 0 aliphatic heterocycles. The molecular formula is C22H18FN3O2S. The van der Waals surface area contributed by atoms with Crippen molar-refractivity contribution < 1.29 is 9.18 Å². The van der Waals surface area contributed by atoms with Crippen LogP contribution in [0, 0.1) is 5.82 Å². The molecule has 0 aliphatic carbocycles. The molecule has 1 amide bonds. The quantitative estimate of drug-likeness (QED) is 0.529. The molecule has 0 saturated heterocycles. The SMILES string of the molecule is NC(=O)CCn1c(Cc2ccccc2F)nc2scc(-c3ccccc3)c2c1=O. The molecule has 0 saturated carbocycles. The van der Waals surface area contributed by atoms with Crippen molar-refractivity contribution in [3.8, 4) is 11.1 Å². The number of carbonyl (C=O) groups is 1. The Morgan fingerprint density at radius 3 is 2.55 bits per heavy atom. The highest BCUT2D eigenvalue weighted by Crippen LogP contribution is 2.31. The molecule has 0 aliphatic rings. The summed E-state index contributed by atoms with van der Waals surface area (Å²) in [5.41, 5.74) is 7.20. The first kappa shape index (κ1) is 19.0. The minimum Gasteiger partial charge on any atom is -0.370 e. The van der Waals surface area contributed by atoms with Gasteiger partial charge >= 0.3 is 0 Å². The van der Waals surface area contributed by atoms with Crippen molar-refractivity contribution in [2.75, 3.05) is 0 Å². The first-order chi connectivity index (χ1) is 14.0. The number of rotatable bonds is 6. The summed E-state index contributed by atoms with van der Waals surface area (Å²) in [5.74, 6) is -0.461. The van der Waals surface area contributed by atoms with Gasteiger partial charge in [-0.2, -0.15) is 0 Å². The number of amides is 1. The van der Waals surface area contributed by atoms with Gasteiger partial charge in [-0.05, 0) is 17.2 Å². The van der Waals surface area contributed by atoms with Crippen molar-refractivity contribution in [1.82, 2.24) is 9.55 Å². The fraction of sp³-hybridized carbons (Fsp3) is 0.136. The molecule has 2 aromatic heterocycles. The van der Waals surface area contributed by atoms with Crippen molar-refractivity contribution >= 4 is 27.5 Å². The lowest BCUT2D eigenvalue weighted by atomic mass is 10.1. The topological polar surface area (TPSA) is 78.0 Å². The van der Waals surface area contributed by atoms with Gasteiger partial charge < -0.3 is 5.73 Å². The minimum atomic E-state index is -0.512. The van der Waals surface area contributed by atoms with Crippen molar-refractivity contribution in [3.05, 3.63) is 87.5 Å². The fourth-order valence-corrected chi connectivity index (χ4v) is 4.25. The standard InChI is InChI=1S/C22H18FN3O2S/c23-17-9-5-4-8-15(17)12-19-25-21-20(22(28)26(19)11-10-18(24)27)16(13-29-21)14-6-2-1-3-7-14/h1-9,13H,10-12H2,(H2,24,27). The van der Waals surface area contributed by atoms with Gasteiger partial charge in [-0.1, -0.05) is 48.5 Å². The third kappa shape index (κ3) is 3.82. The number of primary amides is 1. The summed E-state index contributed by atoms with van der Waals surface area (Å²) in [7, 11) is 0. The highest BCUT2D eigenvalue weighted by Gasteiger charge is 2.18. The number of halogens is 1. The Balaban J connectivity index is 1.89. The number of nitrogens with two attached hydrogens (primary N) is 1. The van der Waals surface area contributed by atoms with Crippen LogP contribution in [-0.2, 0) is 17.8 Å². The molecule has 0 radical (unpaired) electrons. The van der Waals surface area contributed by atoms with Gasteiger partial charge in [0.2, 0.25) is 5.91 Å². The van der Waals surface area contributed by atoms with Gasteiger partial charge in [-0.25, -0.2) is 9.37 Å². The Kier molecular flexibility index (Phi) is 5.22. The summed E-state index contributed by atoms with van der Waals surface area (Å²) in [6, 6.07) is 16.0. The zero-order valence-corrected chi connectivity index (χ0v) is 16.3. The van der Waals surface area contributed by atoms with Crippen molar-refractivity contribution in [3.63, 3.8) is 0 Å². The molecule has 146 valence electrons. The molecular weight excluding hydrogens is 389 g/mol. The average Bonchev–Trinajstić information content (AvgIpc) is 3.14. The molecule has 29 heavy (non-hydrogen) atoms. The molecule has 4 rings (SSSR count). The van der Waals surface area contributed by atoms with Gasteiger partial charge in [0.05, 0.1) is 5.39 Å². The minimum absolute atomic E-state index is 0.00216. The number of benzene rings is 2. The predicted molar refractivity (Wildman–Crippen MR) is 112 cm³/mol. The van der Waals surface area contributed by atoms with Crippen LogP contribution in [0.1, 0.15) is 17.8 Å². The Hall–Kier alpha value is -3.32. The molecule has 2 N–H and O–H groups in total. The third-order valence-electron chi connectivity index (χ3n) is 4.75. The highest BCUT2D eigenvalue weighted by atomic mass is 32.1. The highest BCUT2D eigenvalue weighted by molar-refractivity contribution is 7.17. The third-order valence-corrected chi connectivity index (χ3v) is 5.62. The smallest absolute Gasteiger partial charge is 0.262 e. The summed E-state index contributed by atoms with van der Waals surface area (Å²) >= 11 is 1.38. The zero-order valence-electron chi connectivity index (χ0n) is 15.5. The molecule has 0 atom stereocenters. The largest absolute Gasteiger partial charge is 0.370 e. The molecule has 2 heterocycles. The van der Waals surface area contributed by atoms with E-state index in [0.717, 1.165) is 11.1 Å². The normalized spacial score (nSPS) is 11.1. The second kappa shape index (κ2) is 7.97. The van der Waals surface area contributed by atoms with Crippen LogP contribution in [0.2, 0.25) is 0 Å². The maximum Gasteiger partial charge on any atom is 0.262 e. The summed E-state index contributed by atoms with van der Waals surface area (Å²) < 4.78 is 15.6. The zero-order chi connectivity index (χ0) is 20.4. The van der Waals surface area contributed by atoms with E-state index in [0.29, 0.717) is 21.6 Å². The van der Waals surface area contributed by atoms with E-state index in [1.807, 2.05) is 35.7 Å². The molecule has 0 spiro atoms. The molecule has 5 nitrogen and oxygen atoms in total. The van der Waals surface area contributed by atoms with Crippen LogP contribution >= 0.6 is 11.3 Å². The lowest BCUT2D eigenvalue weighted by Gasteiger charge is -2.13. The maximum absolute atomic E-state index is 14.2. The first-order valence-corrected chi connectivity index (χ1v) is 10.0. The number of hydrogen-bond acceptors (Lipinski definition) is 4. The lowest BCUT2D eigenvalue weighted by Crippen LogP contribution is -2.28. The Morgan fingerprint density at radius 1 is 1.10 bits per heavy atom. The van der Waals surface area contributed by atoms with Crippen molar-refractivity contribution in [1.29, 1.82) is 0 Å². The van der Waals surface area contributed by atoms with Crippen molar-refractivity contribution in [2.24, 2.45) is 5.73 Å². The van der Waals surface area contributed by atoms with Gasteiger partial charge in [0, 0.05) is 30.3 Å². The van der Waals surface area contributed by atoms with Gasteiger partial charge in [-0.15, -0.1) is 11.3 Å². The van der Waals surface area contributed by atoms with Gasteiger partial charge in [0.15, 0.2) is 0 Å². The maximum atomic E-state index is 14.2. The average molecular weight is 407 g/mol. The van der Waals surface area contributed by atoms with Crippen LogP contribution < -0.4 is 11.3 Å². The second-order valence-electron chi connectivity index (χ2n) is 6.66. The van der Waals surface area contributed by atoms with E-state index in [1.54, 1.807) is 18.2 Å². The van der Waals surface area contributed by atoms with E-state index >= 15 is 0 Å². The van der Waals surface area contributed by atoms with Crippen molar-refractivity contribution in [2.45, 2.75) is 19.4 Å². The second-order valence-corrected chi connectivity index (χ2v) is 7.52. The number of fused-ring (bicyclic) bond motifs is 1. The first-order valence-electron chi connectivity index (χ1n) is 9.12. The molecule has 2 aromatic carbocycles. The fourth-order valence-electron chi connectivity index (χ4n) is 3.30. The number of thiophene rings is 1. The van der Waals surface area contributed by atoms with Crippen LogP contribution in [0.25, 0.3) is 21.3 Å². The number of hydrogen-bond donors (Lipinski definition) is 1. The van der Waals surface area contributed by atoms with E-state index in [4.69, 9.17) is 5.73 Å². The van der Waals surface area contributed by atoms with E-state index in [-0.39, 0.29) is 30.8 Å². The van der Waals surface area contributed by atoms with E-state index in [9.17, 15) is 14.0 Å². The Labute approximate surface area is 170 Å². The molecule has 4 aromatic rings. The van der Waals surface area contributed by atoms with E-state index in [1.165, 1.54) is 22.0 Å². The van der Waals surface area contributed by atoms with Crippen LogP contribution in [0.4, 0.5) is 4.39 Å². The van der Waals surface area contributed by atoms with Gasteiger partial charge in [0.1, 0.15) is 16.5 Å². The molecule has 0 fully saturated rings. The monoisotopic (exact) mass is 407 g/mol. The van der Waals surface area contributed by atoms with Crippen LogP contribution in [0.3, 0.4) is 0 Å². The van der Waals surface area contributed by atoms with Crippen LogP contribution in [-0.4, -0.2) is 15.5 Å². The Morgan fingerprint density at radius 2 is 1.83 bits per heavy atom. The number of nitrogens with zero attached hydrogens (tertiary/aromatic N) is 2. The van der Waals surface area contributed by atoms with E-state index in [2.05, 4.69) is 4.98 Å². The molecule has 7 heteroatoms. The van der Waals surface area contributed by atoms with Gasteiger partial charge in [0.25, 0.3) is 5.56 Å². The lowest BCUT2D eigenvalue weighted by molar-refractivity contribution is -0.118. The van der Waals surface area contributed by atoms with Gasteiger partial charge in [-0.3, -0.25) is 14.2 Å². The van der Waals surface area contributed by atoms with Crippen LogP contribution in [0.15, 0.2) is 64.8 Å². The van der Waals surface area contributed by atoms with E-state index < -0.39 is 5.91 Å². The predicted octanol–water partition coefficient (Wildman–Crippen LogP) is 3.73. The summed E-state index contributed by atoms with van der Waals surface area (Å²) in [4.78, 5) is 30.0. The summed E-state index contributed by atoms with van der Waals surface area (Å²) in [6.07, 6.45) is 0.150. The molecule has 0 unspecified atom stereocenters. The summed E-state index contributed by atoms with van der Waals surface area (Å²) in [5, 5.41) is 2.41. The number of aromatic nitrogens is 2.